The van der Waals surface area contributed by atoms with Gasteiger partial charge >= 0.3 is 39.5 Å². The Morgan fingerprint density at radius 3 is 0.764 bits per heavy atom. The molecule has 89 heavy (non-hydrogen) atoms. The summed E-state index contributed by atoms with van der Waals surface area (Å²) in [7, 11) is -9.89. The highest BCUT2D eigenvalue weighted by molar-refractivity contribution is 7.47. The van der Waals surface area contributed by atoms with E-state index in [1.54, 1.807) is 0 Å². The first-order valence-corrected chi connectivity index (χ1v) is 39.5. The van der Waals surface area contributed by atoms with Crippen LogP contribution in [0.1, 0.15) is 356 Å². The van der Waals surface area contributed by atoms with Crippen LogP contribution in [-0.2, 0) is 65.4 Å². The monoisotopic (exact) mass is 1310 g/mol. The van der Waals surface area contributed by atoms with E-state index in [1.807, 2.05) is 0 Å². The van der Waals surface area contributed by atoms with Gasteiger partial charge in [0, 0.05) is 25.7 Å². The standard InChI is InChI=1S/C70H136O17P2/c1-7-9-11-13-15-27-36-42-48-54-69(74)86-65(58-80-67(72)52-46-40-32-14-12-10-8-2)60-84-88(76,77)82-56-64(71)57-83-89(78,79)85-61-66(59-81-68(73)53-47-41-35-30-25-22-18-20-24-29-34-39-45-51-63(5)6)87-70(75)55-49-43-37-31-26-21-17-16-19-23-28-33-38-44-50-62(3)4/h62-66,71H,7-61H2,1-6H3,(H,76,77)(H,78,79)/t64-,65+,66+/m0/s1. The molecule has 0 spiro atoms. The van der Waals surface area contributed by atoms with Crippen LogP contribution in [-0.4, -0.2) is 96.7 Å². The molecule has 0 amide bonds. The summed E-state index contributed by atoms with van der Waals surface area (Å²) in [5.41, 5.74) is 0. The van der Waals surface area contributed by atoms with Crippen LogP contribution in [0.25, 0.3) is 0 Å². The summed E-state index contributed by atoms with van der Waals surface area (Å²) in [5.74, 6) is -0.543. The average Bonchev–Trinajstić information content (AvgIpc) is 3.71. The Morgan fingerprint density at radius 1 is 0.303 bits per heavy atom. The maximum absolute atomic E-state index is 13.0. The lowest BCUT2D eigenvalue weighted by Crippen LogP contribution is -2.30. The van der Waals surface area contributed by atoms with Gasteiger partial charge < -0.3 is 33.8 Å². The summed E-state index contributed by atoms with van der Waals surface area (Å²) in [6.45, 7) is 9.53. The molecule has 3 N–H and O–H groups in total. The Balaban J connectivity index is 5.18. The van der Waals surface area contributed by atoms with Crippen LogP contribution in [0.5, 0.6) is 0 Å². The smallest absolute Gasteiger partial charge is 0.462 e. The zero-order valence-electron chi connectivity index (χ0n) is 57.7. The van der Waals surface area contributed by atoms with Crippen molar-refractivity contribution in [3.05, 3.63) is 0 Å². The van der Waals surface area contributed by atoms with Crippen molar-refractivity contribution in [2.75, 3.05) is 39.6 Å². The number of hydrogen-bond acceptors (Lipinski definition) is 15. The maximum Gasteiger partial charge on any atom is 0.472 e. The van der Waals surface area contributed by atoms with E-state index < -0.39 is 97.5 Å². The Morgan fingerprint density at radius 2 is 0.517 bits per heavy atom. The van der Waals surface area contributed by atoms with Crippen molar-refractivity contribution in [1.82, 2.24) is 0 Å². The van der Waals surface area contributed by atoms with E-state index >= 15 is 0 Å². The summed E-state index contributed by atoms with van der Waals surface area (Å²) in [5, 5.41) is 10.6. The van der Waals surface area contributed by atoms with Crippen LogP contribution in [0.2, 0.25) is 0 Å². The first kappa shape index (κ1) is 87.1. The quantitative estimate of drug-likeness (QED) is 0.0222. The second-order valence-electron chi connectivity index (χ2n) is 26.2. The molecule has 0 aromatic carbocycles. The van der Waals surface area contributed by atoms with Gasteiger partial charge in [-0.15, -0.1) is 0 Å². The second-order valence-corrected chi connectivity index (χ2v) is 29.1. The molecule has 0 aliphatic rings. The number of hydrogen-bond donors (Lipinski definition) is 3. The normalized spacial score (nSPS) is 14.1. The summed E-state index contributed by atoms with van der Waals surface area (Å²) >= 11 is 0. The largest absolute Gasteiger partial charge is 0.472 e. The Hall–Kier alpha value is -1.94. The first-order valence-electron chi connectivity index (χ1n) is 36.5. The van der Waals surface area contributed by atoms with Gasteiger partial charge in [0.05, 0.1) is 26.4 Å². The lowest BCUT2D eigenvalue weighted by Gasteiger charge is -2.21. The molecule has 0 aliphatic heterocycles. The molecule has 0 heterocycles. The number of aliphatic hydroxyl groups is 1. The molecule has 2 unspecified atom stereocenters. The zero-order valence-corrected chi connectivity index (χ0v) is 59.5. The number of rotatable bonds is 69. The highest BCUT2D eigenvalue weighted by atomic mass is 31.2. The van der Waals surface area contributed by atoms with Crippen LogP contribution >= 0.6 is 15.6 Å². The summed E-state index contributed by atoms with van der Waals surface area (Å²) < 4.78 is 68.1. The Bertz CT molecular complexity index is 1730. The summed E-state index contributed by atoms with van der Waals surface area (Å²) in [6.07, 6.45) is 47.3. The number of aliphatic hydroxyl groups excluding tert-OH is 1. The fraction of sp³-hybridized carbons (Fsp3) is 0.943. The third-order valence-electron chi connectivity index (χ3n) is 16.2. The summed E-state index contributed by atoms with van der Waals surface area (Å²) in [4.78, 5) is 72.3. The van der Waals surface area contributed by atoms with E-state index in [2.05, 4.69) is 41.5 Å². The van der Waals surface area contributed by atoms with E-state index in [0.29, 0.717) is 25.7 Å². The average molecular weight is 1310 g/mol. The molecule has 0 saturated heterocycles. The molecule has 17 nitrogen and oxygen atoms in total. The van der Waals surface area contributed by atoms with Gasteiger partial charge in [-0.05, 0) is 37.5 Å². The fourth-order valence-corrected chi connectivity index (χ4v) is 12.2. The van der Waals surface area contributed by atoms with Crippen molar-refractivity contribution in [2.24, 2.45) is 11.8 Å². The van der Waals surface area contributed by atoms with E-state index in [0.717, 1.165) is 115 Å². The fourth-order valence-electron chi connectivity index (χ4n) is 10.6. The predicted octanol–water partition coefficient (Wildman–Crippen LogP) is 20.0. The number of carbonyl (C=O) groups is 4. The van der Waals surface area contributed by atoms with Crippen molar-refractivity contribution in [1.29, 1.82) is 0 Å². The van der Waals surface area contributed by atoms with Gasteiger partial charge in [0.25, 0.3) is 0 Å². The minimum absolute atomic E-state index is 0.105. The van der Waals surface area contributed by atoms with E-state index in [1.165, 1.54) is 161 Å². The SMILES string of the molecule is CCCCCCCCCCCC(=O)O[C@H](COC(=O)CCCCCCCCC)COP(=O)(O)OC[C@H](O)COP(=O)(O)OC[C@@H](COC(=O)CCCCCCCCCCCCCCCC(C)C)OC(=O)CCCCCCCCCCCCCCCCC(C)C. The minimum Gasteiger partial charge on any atom is -0.462 e. The van der Waals surface area contributed by atoms with Crippen LogP contribution in [0.15, 0.2) is 0 Å². The molecule has 0 aliphatic carbocycles. The third-order valence-corrected chi connectivity index (χ3v) is 18.1. The number of carbonyl (C=O) groups excluding carboxylic acids is 4. The van der Waals surface area contributed by atoms with Gasteiger partial charge in [-0.1, -0.05) is 305 Å². The van der Waals surface area contributed by atoms with E-state index in [4.69, 9.17) is 37.0 Å². The number of phosphoric acid groups is 2. The van der Waals surface area contributed by atoms with Gasteiger partial charge in [0.15, 0.2) is 12.2 Å². The van der Waals surface area contributed by atoms with Gasteiger partial charge in [0.1, 0.15) is 19.3 Å². The molecular weight excluding hydrogens is 1170 g/mol. The number of esters is 4. The number of ether oxygens (including phenoxy) is 4. The molecule has 0 fully saturated rings. The molecule has 0 bridgehead atoms. The van der Waals surface area contributed by atoms with Gasteiger partial charge in [-0.25, -0.2) is 9.13 Å². The third kappa shape index (κ3) is 64.6. The predicted molar refractivity (Wildman–Crippen MR) is 358 cm³/mol. The maximum atomic E-state index is 13.0. The van der Waals surface area contributed by atoms with Crippen LogP contribution in [0.4, 0.5) is 0 Å². The molecule has 0 aromatic heterocycles. The van der Waals surface area contributed by atoms with E-state index in [9.17, 15) is 43.2 Å². The van der Waals surface area contributed by atoms with Crippen LogP contribution in [0, 0.1) is 11.8 Å². The molecule has 0 rings (SSSR count). The number of phosphoric ester groups is 2. The first-order chi connectivity index (χ1) is 42.9. The lowest BCUT2D eigenvalue weighted by atomic mass is 10.0. The molecule has 5 atom stereocenters. The van der Waals surface area contributed by atoms with Crippen molar-refractivity contribution < 1.29 is 80.2 Å². The highest BCUT2D eigenvalue weighted by Gasteiger charge is 2.30. The van der Waals surface area contributed by atoms with Crippen molar-refractivity contribution >= 4 is 39.5 Å². The van der Waals surface area contributed by atoms with Crippen molar-refractivity contribution in [2.45, 2.75) is 374 Å². The molecule has 19 heteroatoms. The molecule has 0 saturated carbocycles. The van der Waals surface area contributed by atoms with Gasteiger partial charge in [-0.3, -0.25) is 37.3 Å². The lowest BCUT2D eigenvalue weighted by molar-refractivity contribution is -0.161. The number of unbranched alkanes of at least 4 members (excludes halogenated alkanes) is 39. The van der Waals surface area contributed by atoms with Crippen molar-refractivity contribution in [3.8, 4) is 0 Å². The van der Waals surface area contributed by atoms with Crippen molar-refractivity contribution in [3.63, 3.8) is 0 Å². The van der Waals surface area contributed by atoms with Crippen LogP contribution in [0.3, 0.4) is 0 Å². The topological polar surface area (TPSA) is 237 Å². The highest BCUT2D eigenvalue weighted by Crippen LogP contribution is 2.45. The Kier molecular flexibility index (Phi) is 60.8. The second kappa shape index (κ2) is 62.2. The molecular formula is C70H136O17P2. The van der Waals surface area contributed by atoms with E-state index in [-0.39, 0.29) is 25.7 Å². The Labute approximate surface area is 543 Å². The zero-order chi connectivity index (χ0) is 65.7. The molecule has 0 aromatic rings. The van der Waals surface area contributed by atoms with Gasteiger partial charge in [0.2, 0.25) is 0 Å². The molecule has 0 radical (unpaired) electrons. The molecule has 528 valence electrons. The summed E-state index contributed by atoms with van der Waals surface area (Å²) in [6, 6.07) is 0. The van der Waals surface area contributed by atoms with Gasteiger partial charge in [-0.2, -0.15) is 0 Å². The van der Waals surface area contributed by atoms with Crippen LogP contribution < -0.4 is 0 Å². The minimum atomic E-state index is -4.95.